The number of aromatic nitrogens is 2. The number of furan rings is 2. The second-order valence-corrected chi connectivity index (χ2v) is 7.03. The van der Waals surface area contributed by atoms with Gasteiger partial charge in [0.2, 0.25) is 5.82 Å². The highest BCUT2D eigenvalue weighted by molar-refractivity contribution is 5.84. The van der Waals surface area contributed by atoms with Crippen LogP contribution in [-0.2, 0) is 0 Å². The van der Waals surface area contributed by atoms with Crippen LogP contribution >= 0.6 is 0 Å². The van der Waals surface area contributed by atoms with Gasteiger partial charge in [0.1, 0.15) is 11.3 Å². The summed E-state index contributed by atoms with van der Waals surface area (Å²) >= 11 is 0. The maximum atomic E-state index is 13.2. The van der Waals surface area contributed by atoms with E-state index in [1.807, 2.05) is 61.5 Å². The molecule has 0 aliphatic rings. The van der Waals surface area contributed by atoms with E-state index in [1.165, 1.54) is 10.9 Å². The molecule has 0 aliphatic carbocycles. The third-order valence-corrected chi connectivity index (χ3v) is 4.75. The first kappa shape index (κ1) is 17.9. The maximum Gasteiger partial charge on any atom is 0.282 e. The van der Waals surface area contributed by atoms with Crippen LogP contribution in [0.1, 0.15) is 5.76 Å². The molecule has 2 aromatic carbocycles. The summed E-state index contributed by atoms with van der Waals surface area (Å²) in [5.74, 6) is 2.00. The molecule has 5 aromatic rings. The minimum Gasteiger partial charge on any atom is -0.453 e. The Morgan fingerprint density at radius 3 is 2.60 bits per heavy atom. The van der Waals surface area contributed by atoms with E-state index in [0.29, 0.717) is 39.7 Å². The number of hydrogen-bond donors (Lipinski definition) is 0. The molecule has 30 heavy (non-hydrogen) atoms. The Hall–Kier alpha value is -4.13. The predicted molar refractivity (Wildman–Crippen MR) is 117 cm³/mol. The van der Waals surface area contributed by atoms with E-state index in [4.69, 9.17) is 8.83 Å². The molecule has 7 heteroatoms. The van der Waals surface area contributed by atoms with Crippen LogP contribution in [-0.4, -0.2) is 30.0 Å². The van der Waals surface area contributed by atoms with Crippen molar-refractivity contribution in [1.82, 2.24) is 9.66 Å². The topological polar surface area (TPSA) is 76.8 Å². The molecule has 0 unspecified atom stereocenters. The Morgan fingerprint density at radius 2 is 1.80 bits per heavy atom. The Labute approximate surface area is 171 Å². The third-order valence-electron chi connectivity index (χ3n) is 4.75. The third kappa shape index (κ3) is 3.06. The lowest BCUT2D eigenvalue weighted by Crippen LogP contribution is -2.20. The molecule has 0 spiro atoms. The fraction of sp³-hybridized carbons (Fsp3) is 0.0870. The summed E-state index contributed by atoms with van der Waals surface area (Å²) in [7, 11) is 3.77. The van der Waals surface area contributed by atoms with Gasteiger partial charge in [-0.15, -0.1) is 0 Å². The van der Waals surface area contributed by atoms with Gasteiger partial charge in [-0.3, -0.25) is 4.79 Å². The van der Waals surface area contributed by atoms with Crippen LogP contribution in [0.5, 0.6) is 0 Å². The van der Waals surface area contributed by atoms with Crippen molar-refractivity contribution < 1.29 is 8.83 Å². The highest BCUT2D eigenvalue weighted by atomic mass is 16.4. The molecule has 0 fully saturated rings. The van der Waals surface area contributed by atoms with Crippen molar-refractivity contribution in [2.45, 2.75) is 0 Å². The molecular weight excluding hydrogens is 380 g/mol. The lowest BCUT2D eigenvalue weighted by Gasteiger charge is -2.07. The summed E-state index contributed by atoms with van der Waals surface area (Å²) in [4.78, 5) is 19.7. The first-order valence-electron chi connectivity index (χ1n) is 9.42. The Morgan fingerprint density at radius 1 is 1.00 bits per heavy atom. The normalized spacial score (nSPS) is 11.7. The maximum absolute atomic E-state index is 13.2. The van der Waals surface area contributed by atoms with Crippen LogP contribution in [0.4, 0.5) is 5.88 Å². The van der Waals surface area contributed by atoms with Crippen LogP contribution in [0.15, 0.2) is 85.5 Å². The molecule has 0 saturated carbocycles. The second kappa shape index (κ2) is 7.04. The molecule has 0 aliphatic heterocycles. The number of benzene rings is 2. The highest BCUT2D eigenvalue weighted by Crippen LogP contribution is 2.27. The molecule has 3 aromatic heterocycles. The average Bonchev–Trinajstić information content (AvgIpc) is 3.40. The smallest absolute Gasteiger partial charge is 0.282 e. The monoisotopic (exact) mass is 398 g/mol. The summed E-state index contributed by atoms with van der Waals surface area (Å²) in [6.45, 7) is 0. The predicted octanol–water partition coefficient (Wildman–Crippen LogP) is 4.35. The Bertz CT molecular complexity index is 1420. The van der Waals surface area contributed by atoms with Crippen molar-refractivity contribution in [3.05, 3.63) is 82.8 Å². The van der Waals surface area contributed by atoms with E-state index in [0.717, 1.165) is 5.39 Å². The lowest BCUT2D eigenvalue weighted by molar-refractivity contribution is 0.557. The van der Waals surface area contributed by atoms with Gasteiger partial charge in [0.15, 0.2) is 11.6 Å². The van der Waals surface area contributed by atoms with Gasteiger partial charge in [0, 0.05) is 25.5 Å². The molecule has 0 amide bonds. The molecule has 3 heterocycles. The molecular formula is C23H18N4O3. The standard InChI is InChI=1S/C23H18N4O3/c1-26(2)21-12-11-16(29-21)14-24-27-22(20-13-15-7-3-6-10-19(15)30-20)25-18-9-5-4-8-17(18)23(27)28/h3-14H,1-2H3. The SMILES string of the molecule is CN(C)c1ccc(C=Nn2c(-c3cc4ccccc4o3)nc3ccccc3c2=O)o1. The van der Waals surface area contributed by atoms with Gasteiger partial charge in [-0.05, 0) is 30.3 Å². The van der Waals surface area contributed by atoms with Crippen LogP contribution in [0.2, 0.25) is 0 Å². The number of nitrogens with zero attached hydrogens (tertiary/aromatic N) is 4. The van der Waals surface area contributed by atoms with E-state index < -0.39 is 0 Å². The molecule has 0 bridgehead atoms. The molecule has 0 radical (unpaired) electrons. The molecule has 148 valence electrons. The van der Waals surface area contributed by atoms with Crippen molar-refractivity contribution in [2.75, 3.05) is 19.0 Å². The molecule has 0 atom stereocenters. The quantitative estimate of drug-likeness (QED) is 0.421. The van der Waals surface area contributed by atoms with E-state index in [2.05, 4.69) is 10.1 Å². The van der Waals surface area contributed by atoms with Crippen molar-refractivity contribution in [2.24, 2.45) is 5.10 Å². The second-order valence-electron chi connectivity index (χ2n) is 7.03. The van der Waals surface area contributed by atoms with Gasteiger partial charge in [-0.25, -0.2) is 4.98 Å². The van der Waals surface area contributed by atoms with Crippen LogP contribution < -0.4 is 10.5 Å². The van der Waals surface area contributed by atoms with Crippen LogP contribution in [0, 0.1) is 0 Å². The first-order valence-corrected chi connectivity index (χ1v) is 9.42. The van der Waals surface area contributed by atoms with Gasteiger partial charge in [0.05, 0.1) is 17.1 Å². The molecule has 0 N–H and O–H groups in total. The minimum absolute atomic E-state index is 0.285. The molecule has 7 nitrogen and oxygen atoms in total. The first-order chi connectivity index (χ1) is 14.6. The van der Waals surface area contributed by atoms with Crippen molar-refractivity contribution in [1.29, 1.82) is 0 Å². The number of rotatable bonds is 4. The number of fused-ring (bicyclic) bond motifs is 2. The van der Waals surface area contributed by atoms with Crippen LogP contribution in [0.3, 0.4) is 0 Å². The van der Waals surface area contributed by atoms with Gasteiger partial charge < -0.3 is 13.7 Å². The zero-order chi connectivity index (χ0) is 20.7. The summed E-state index contributed by atoms with van der Waals surface area (Å²) < 4.78 is 12.9. The average molecular weight is 398 g/mol. The highest BCUT2D eigenvalue weighted by Gasteiger charge is 2.16. The fourth-order valence-corrected chi connectivity index (χ4v) is 3.25. The largest absolute Gasteiger partial charge is 0.453 e. The van der Waals surface area contributed by atoms with E-state index >= 15 is 0 Å². The van der Waals surface area contributed by atoms with E-state index in [9.17, 15) is 4.79 Å². The number of hydrogen-bond acceptors (Lipinski definition) is 6. The molecule has 5 rings (SSSR count). The van der Waals surface area contributed by atoms with E-state index in [1.54, 1.807) is 24.3 Å². The molecule has 0 saturated heterocycles. The van der Waals surface area contributed by atoms with Gasteiger partial charge in [-0.2, -0.15) is 9.78 Å². The lowest BCUT2D eigenvalue weighted by atomic mass is 10.2. The summed E-state index contributed by atoms with van der Waals surface area (Å²) in [5.41, 5.74) is 1.01. The van der Waals surface area contributed by atoms with Gasteiger partial charge in [0.25, 0.3) is 5.56 Å². The summed E-state index contributed by atoms with van der Waals surface area (Å²) in [6.07, 6.45) is 1.50. The number of para-hydroxylation sites is 2. The zero-order valence-corrected chi connectivity index (χ0v) is 16.4. The van der Waals surface area contributed by atoms with Gasteiger partial charge >= 0.3 is 0 Å². The Kier molecular flexibility index (Phi) is 4.21. The van der Waals surface area contributed by atoms with Crippen molar-refractivity contribution >= 4 is 34.0 Å². The Balaban J connectivity index is 1.70. The van der Waals surface area contributed by atoms with Crippen LogP contribution in [0.25, 0.3) is 33.5 Å². The zero-order valence-electron chi connectivity index (χ0n) is 16.4. The summed E-state index contributed by atoms with van der Waals surface area (Å²) in [5, 5.41) is 5.79. The van der Waals surface area contributed by atoms with E-state index in [-0.39, 0.29) is 5.56 Å². The van der Waals surface area contributed by atoms with Crippen molar-refractivity contribution in [3.63, 3.8) is 0 Å². The fourth-order valence-electron chi connectivity index (χ4n) is 3.25. The number of anilines is 1. The van der Waals surface area contributed by atoms with Crippen molar-refractivity contribution in [3.8, 4) is 11.6 Å². The summed E-state index contributed by atoms with van der Waals surface area (Å²) in [6, 6.07) is 20.3. The van der Waals surface area contributed by atoms with Gasteiger partial charge in [-0.1, -0.05) is 30.3 Å². The minimum atomic E-state index is -0.285.